The molecule has 3 atom stereocenters. The summed E-state index contributed by atoms with van der Waals surface area (Å²) in [5.41, 5.74) is 5.50. The summed E-state index contributed by atoms with van der Waals surface area (Å²) < 4.78 is 5.42. The first-order chi connectivity index (χ1) is 6.07. The molecule has 4 nitrogen and oxygen atoms in total. The minimum Gasteiger partial charge on any atom is -0.375 e. The van der Waals surface area contributed by atoms with Crippen molar-refractivity contribution in [2.24, 2.45) is 5.73 Å². The van der Waals surface area contributed by atoms with Gasteiger partial charge in [-0.15, -0.1) is 0 Å². The average molecular weight is 186 g/mol. The van der Waals surface area contributed by atoms with Crippen LogP contribution in [0.1, 0.15) is 20.8 Å². The molecule has 0 aliphatic carbocycles. The van der Waals surface area contributed by atoms with Crippen molar-refractivity contribution >= 4 is 5.91 Å². The van der Waals surface area contributed by atoms with Crippen LogP contribution in [-0.2, 0) is 9.53 Å². The van der Waals surface area contributed by atoms with Crippen LogP contribution in [0, 0.1) is 0 Å². The van der Waals surface area contributed by atoms with Crippen LogP contribution in [0.2, 0.25) is 0 Å². The summed E-state index contributed by atoms with van der Waals surface area (Å²) in [7, 11) is 0. The van der Waals surface area contributed by atoms with Crippen LogP contribution in [0.25, 0.3) is 0 Å². The number of carbonyl (C=O) groups excluding carboxylic acids is 1. The van der Waals surface area contributed by atoms with Gasteiger partial charge in [0, 0.05) is 13.2 Å². The molecular weight excluding hydrogens is 168 g/mol. The van der Waals surface area contributed by atoms with Crippen LogP contribution in [0.15, 0.2) is 0 Å². The maximum absolute atomic E-state index is 11.4. The third-order valence-corrected chi connectivity index (χ3v) is 2.46. The molecule has 0 saturated carbocycles. The van der Waals surface area contributed by atoms with Crippen molar-refractivity contribution in [2.45, 2.75) is 39.0 Å². The number of likely N-dealkylation sites (tertiary alicyclic amines) is 1. The zero-order valence-electron chi connectivity index (χ0n) is 8.49. The van der Waals surface area contributed by atoms with Gasteiger partial charge in [0.05, 0.1) is 18.2 Å². The first kappa shape index (κ1) is 10.5. The number of rotatable bonds is 3. The van der Waals surface area contributed by atoms with Gasteiger partial charge in [0.2, 0.25) is 5.91 Å². The summed E-state index contributed by atoms with van der Waals surface area (Å²) in [6, 6.07) is -0.219. The van der Waals surface area contributed by atoms with E-state index in [0.29, 0.717) is 13.2 Å². The van der Waals surface area contributed by atoms with Crippen molar-refractivity contribution in [2.75, 3.05) is 13.2 Å². The maximum Gasteiger partial charge on any atom is 0.239 e. The highest BCUT2D eigenvalue weighted by Gasteiger charge is 2.39. The van der Waals surface area contributed by atoms with E-state index in [-0.39, 0.29) is 18.1 Å². The van der Waals surface area contributed by atoms with E-state index in [9.17, 15) is 4.79 Å². The van der Waals surface area contributed by atoms with Gasteiger partial charge in [-0.3, -0.25) is 4.79 Å². The van der Waals surface area contributed by atoms with E-state index in [1.165, 1.54) is 0 Å². The number of carbonyl (C=O) groups is 1. The molecule has 13 heavy (non-hydrogen) atoms. The van der Waals surface area contributed by atoms with Crippen LogP contribution < -0.4 is 5.73 Å². The lowest BCUT2D eigenvalue weighted by atomic mass is 10.00. The van der Waals surface area contributed by atoms with E-state index < -0.39 is 6.04 Å². The highest BCUT2D eigenvalue weighted by atomic mass is 16.5. The van der Waals surface area contributed by atoms with Crippen molar-refractivity contribution in [3.8, 4) is 0 Å². The molecule has 0 aromatic heterocycles. The fourth-order valence-electron chi connectivity index (χ4n) is 1.53. The third kappa shape index (κ3) is 2.00. The van der Waals surface area contributed by atoms with Crippen molar-refractivity contribution in [3.05, 3.63) is 0 Å². The molecule has 4 heteroatoms. The van der Waals surface area contributed by atoms with Crippen LogP contribution in [0.4, 0.5) is 0 Å². The molecule has 76 valence electrons. The van der Waals surface area contributed by atoms with Gasteiger partial charge in [-0.2, -0.15) is 0 Å². The Hall–Kier alpha value is -0.610. The molecule has 0 unspecified atom stereocenters. The monoisotopic (exact) mass is 186 g/mol. The summed E-state index contributed by atoms with van der Waals surface area (Å²) in [6.07, 6.45) is 0.202. The fourth-order valence-corrected chi connectivity index (χ4v) is 1.53. The van der Waals surface area contributed by atoms with Gasteiger partial charge in [-0.25, -0.2) is 0 Å². The Kier molecular flexibility index (Phi) is 3.27. The highest BCUT2D eigenvalue weighted by molar-refractivity contribution is 5.82. The number of hydrogen-bond acceptors (Lipinski definition) is 3. The lowest BCUT2D eigenvalue weighted by Crippen LogP contribution is -2.64. The second-order valence-electron chi connectivity index (χ2n) is 3.51. The molecule has 0 radical (unpaired) electrons. The first-order valence-corrected chi connectivity index (χ1v) is 4.75. The van der Waals surface area contributed by atoms with Crippen molar-refractivity contribution < 1.29 is 9.53 Å². The Morgan fingerprint density at radius 1 is 1.77 bits per heavy atom. The SMILES string of the molecule is CCO[C@@H]1CN(C(=O)[C@@H](C)N)[C@H]1C. The summed E-state index contributed by atoms with van der Waals surface area (Å²) >= 11 is 0. The van der Waals surface area contributed by atoms with Crippen LogP contribution in [0.5, 0.6) is 0 Å². The first-order valence-electron chi connectivity index (χ1n) is 4.75. The minimum absolute atomic E-state index is 0.0171. The fraction of sp³-hybridized carbons (Fsp3) is 0.889. The smallest absolute Gasteiger partial charge is 0.239 e. The van der Waals surface area contributed by atoms with Crippen molar-refractivity contribution in [1.29, 1.82) is 0 Å². The molecule has 1 aliphatic heterocycles. The lowest BCUT2D eigenvalue weighted by molar-refractivity contribution is -0.155. The minimum atomic E-state index is -0.398. The largest absolute Gasteiger partial charge is 0.375 e. The van der Waals surface area contributed by atoms with Crippen molar-refractivity contribution in [1.82, 2.24) is 4.90 Å². The predicted octanol–water partition coefficient (Wildman–Crippen LogP) is -0.0306. The molecule has 0 aromatic carbocycles. The number of amides is 1. The summed E-state index contributed by atoms with van der Waals surface area (Å²) in [4.78, 5) is 13.2. The Balaban J connectivity index is 2.38. The molecule has 1 aliphatic rings. The zero-order valence-corrected chi connectivity index (χ0v) is 8.49. The molecule has 1 saturated heterocycles. The molecule has 1 heterocycles. The van der Waals surface area contributed by atoms with E-state index in [1.54, 1.807) is 11.8 Å². The van der Waals surface area contributed by atoms with Gasteiger partial charge >= 0.3 is 0 Å². The molecule has 0 bridgehead atoms. The molecule has 1 rings (SSSR count). The van der Waals surface area contributed by atoms with E-state index in [0.717, 1.165) is 0 Å². The van der Waals surface area contributed by atoms with Crippen LogP contribution in [-0.4, -0.2) is 42.1 Å². The highest BCUT2D eigenvalue weighted by Crippen LogP contribution is 2.21. The van der Waals surface area contributed by atoms with Gasteiger partial charge in [0.1, 0.15) is 0 Å². The second-order valence-corrected chi connectivity index (χ2v) is 3.51. The summed E-state index contributed by atoms with van der Waals surface area (Å²) in [5, 5.41) is 0. The number of hydrogen-bond donors (Lipinski definition) is 1. The Morgan fingerprint density at radius 2 is 2.38 bits per heavy atom. The quantitative estimate of drug-likeness (QED) is 0.673. The molecule has 2 N–H and O–H groups in total. The van der Waals surface area contributed by atoms with E-state index in [1.807, 2.05) is 13.8 Å². The standard InChI is InChI=1S/C9H18N2O2/c1-4-13-8-5-11(7(8)3)9(12)6(2)10/h6-8H,4-5,10H2,1-3H3/t6-,7+,8-/m1/s1. The zero-order chi connectivity index (χ0) is 10.0. The van der Waals surface area contributed by atoms with E-state index in [2.05, 4.69) is 0 Å². The van der Waals surface area contributed by atoms with Gasteiger partial charge in [0.15, 0.2) is 0 Å². The van der Waals surface area contributed by atoms with Crippen LogP contribution in [0.3, 0.4) is 0 Å². The number of nitrogens with zero attached hydrogens (tertiary/aromatic N) is 1. The predicted molar refractivity (Wildman–Crippen MR) is 50.2 cm³/mol. The second kappa shape index (κ2) is 4.07. The number of nitrogens with two attached hydrogens (primary N) is 1. The summed E-state index contributed by atoms with van der Waals surface area (Å²) in [6.45, 7) is 7.06. The normalized spacial score (nSPS) is 29.7. The molecule has 1 fully saturated rings. The topological polar surface area (TPSA) is 55.6 Å². The van der Waals surface area contributed by atoms with E-state index >= 15 is 0 Å². The Bertz CT molecular complexity index is 194. The Labute approximate surface area is 79.0 Å². The van der Waals surface area contributed by atoms with Gasteiger partial charge < -0.3 is 15.4 Å². The third-order valence-electron chi connectivity index (χ3n) is 2.46. The number of ether oxygens (including phenoxy) is 1. The molecule has 0 spiro atoms. The molecule has 0 aromatic rings. The maximum atomic E-state index is 11.4. The average Bonchev–Trinajstić information content (AvgIpc) is 2.09. The Morgan fingerprint density at radius 3 is 2.77 bits per heavy atom. The van der Waals surface area contributed by atoms with Crippen LogP contribution >= 0.6 is 0 Å². The van der Waals surface area contributed by atoms with Gasteiger partial charge in [0.25, 0.3) is 0 Å². The lowest BCUT2D eigenvalue weighted by Gasteiger charge is -2.46. The van der Waals surface area contributed by atoms with Gasteiger partial charge in [-0.05, 0) is 20.8 Å². The molecule has 1 amide bonds. The van der Waals surface area contributed by atoms with Gasteiger partial charge in [-0.1, -0.05) is 0 Å². The van der Waals surface area contributed by atoms with Crippen molar-refractivity contribution in [3.63, 3.8) is 0 Å². The molecular formula is C9H18N2O2. The summed E-state index contributed by atoms with van der Waals surface area (Å²) in [5.74, 6) is 0.0171. The van der Waals surface area contributed by atoms with E-state index in [4.69, 9.17) is 10.5 Å².